The summed E-state index contributed by atoms with van der Waals surface area (Å²) in [7, 11) is -3.15. The largest absolute Gasteiger partial charge is 0.224 e. The van der Waals surface area contributed by atoms with Crippen molar-refractivity contribution in [1.82, 2.24) is 0 Å². The van der Waals surface area contributed by atoms with E-state index in [1.54, 1.807) is 12.1 Å². The minimum absolute atomic E-state index is 0.357. The number of aryl methyl sites for hydroxylation is 1. The van der Waals surface area contributed by atoms with E-state index >= 15 is 0 Å². The molecule has 112 valence electrons. The highest BCUT2D eigenvalue weighted by Crippen LogP contribution is 2.36. The van der Waals surface area contributed by atoms with Gasteiger partial charge in [0.25, 0.3) is 0 Å². The van der Waals surface area contributed by atoms with Gasteiger partial charge in [-0.2, -0.15) is 0 Å². The predicted molar refractivity (Wildman–Crippen MR) is 91.3 cm³/mol. The van der Waals surface area contributed by atoms with Crippen LogP contribution in [0, 0.1) is 6.92 Å². The van der Waals surface area contributed by atoms with Crippen LogP contribution in [-0.4, -0.2) is 14.7 Å². The van der Waals surface area contributed by atoms with Crippen LogP contribution in [-0.2, 0) is 9.84 Å². The molecule has 3 rings (SSSR count). The maximum atomic E-state index is 11.6. The summed E-state index contributed by atoms with van der Waals surface area (Å²) < 4.78 is 23.1. The van der Waals surface area contributed by atoms with Gasteiger partial charge in [-0.25, -0.2) is 8.42 Å². The first kappa shape index (κ1) is 14.8. The van der Waals surface area contributed by atoms with E-state index in [1.165, 1.54) is 28.5 Å². The molecule has 3 heteroatoms. The van der Waals surface area contributed by atoms with Crippen LogP contribution in [0.2, 0.25) is 0 Å². The van der Waals surface area contributed by atoms with Crippen molar-refractivity contribution < 1.29 is 8.42 Å². The van der Waals surface area contributed by atoms with Gasteiger partial charge in [-0.1, -0.05) is 54.1 Å². The van der Waals surface area contributed by atoms with Gasteiger partial charge < -0.3 is 0 Å². The van der Waals surface area contributed by atoms with Gasteiger partial charge >= 0.3 is 0 Å². The highest BCUT2D eigenvalue weighted by atomic mass is 32.2. The fourth-order valence-electron chi connectivity index (χ4n) is 2.68. The normalized spacial score (nSPS) is 14.6. The lowest BCUT2D eigenvalue weighted by atomic mass is 9.94. The summed E-state index contributed by atoms with van der Waals surface area (Å²) in [6, 6.07) is 15.6. The van der Waals surface area contributed by atoms with Crippen molar-refractivity contribution >= 4 is 21.0 Å². The fourth-order valence-corrected chi connectivity index (χ4v) is 3.31. The van der Waals surface area contributed by atoms with E-state index < -0.39 is 9.84 Å². The van der Waals surface area contributed by atoms with Gasteiger partial charge in [0.2, 0.25) is 0 Å². The Hall–Kier alpha value is -2.13. The van der Waals surface area contributed by atoms with Crippen molar-refractivity contribution in [1.29, 1.82) is 0 Å². The Balaban J connectivity index is 1.95. The van der Waals surface area contributed by atoms with E-state index in [1.807, 2.05) is 12.1 Å². The van der Waals surface area contributed by atoms with Crippen LogP contribution in [0.25, 0.3) is 11.1 Å². The quantitative estimate of drug-likeness (QED) is 0.848. The second-order valence-electron chi connectivity index (χ2n) is 5.63. The van der Waals surface area contributed by atoms with Gasteiger partial charge in [0.15, 0.2) is 9.84 Å². The lowest BCUT2D eigenvalue weighted by Gasteiger charge is -2.10. The molecule has 0 amide bonds. The van der Waals surface area contributed by atoms with Crippen LogP contribution in [0.5, 0.6) is 0 Å². The number of allylic oxidation sites excluding steroid dienone is 4. The Kier molecular flexibility index (Phi) is 3.75. The summed E-state index contributed by atoms with van der Waals surface area (Å²) in [5.74, 6) is 0. The van der Waals surface area contributed by atoms with E-state index in [0.29, 0.717) is 4.90 Å². The van der Waals surface area contributed by atoms with Gasteiger partial charge in [0.05, 0.1) is 4.90 Å². The highest BCUT2D eigenvalue weighted by Gasteiger charge is 2.15. The van der Waals surface area contributed by atoms with Crippen molar-refractivity contribution in [2.45, 2.75) is 18.2 Å². The third kappa shape index (κ3) is 2.90. The first-order valence-corrected chi connectivity index (χ1v) is 9.12. The zero-order chi connectivity index (χ0) is 15.7. The second kappa shape index (κ2) is 5.58. The lowest BCUT2D eigenvalue weighted by molar-refractivity contribution is 0.602. The topological polar surface area (TPSA) is 34.1 Å². The van der Waals surface area contributed by atoms with Gasteiger partial charge in [-0.3, -0.25) is 0 Å². The molecule has 0 atom stereocenters. The number of benzene rings is 2. The van der Waals surface area contributed by atoms with Crippen LogP contribution < -0.4 is 0 Å². The fraction of sp³-hybridized carbons (Fsp3) is 0.158. The molecule has 2 aromatic carbocycles. The molecule has 1 aliphatic carbocycles. The Morgan fingerprint density at radius 1 is 0.773 bits per heavy atom. The molecule has 0 unspecified atom stereocenters. The first-order valence-electron chi connectivity index (χ1n) is 7.23. The first-order chi connectivity index (χ1) is 10.4. The summed E-state index contributed by atoms with van der Waals surface area (Å²) in [6.45, 7) is 2.08. The Bertz CT molecular complexity index is 853. The van der Waals surface area contributed by atoms with Crippen LogP contribution >= 0.6 is 0 Å². The summed E-state index contributed by atoms with van der Waals surface area (Å²) in [5, 5.41) is 0. The molecule has 0 saturated carbocycles. The van der Waals surface area contributed by atoms with Gasteiger partial charge in [0, 0.05) is 6.26 Å². The number of rotatable bonds is 3. The Morgan fingerprint density at radius 3 is 1.68 bits per heavy atom. The van der Waals surface area contributed by atoms with Crippen LogP contribution in [0.4, 0.5) is 0 Å². The van der Waals surface area contributed by atoms with E-state index in [2.05, 4.69) is 43.3 Å². The molecule has 22 heavy (non-hydrogen) atoms. The monoisotopic (exact) mass is 310 g/mol. The minimum atomic E-state index is -3.15. The van der Waals surface area contributed by atoms with Crippen LogP contribution in [0.3, 0.4) is 0 Å². The third-order valence-corrected chi connectivity index (χ3v) is 5.02. The van der Waals surface area contributed by atoms with Crippen molar-refractivity contribution in [2.24, 2.45) is 0 Å². The summed E-state index contributed by atoms with van der Waals surface area (Å²) in [4.78, 5) is 0.357. The average molecular weight is 310 g/mol. The molecule has 2 nitrogen and oxygen atoms in total. The lowest BCUT2D eigenvalue weighted by Crippen LogP contribution is -1.97. The molecule has 0 saturated heterocycles. The van der Waals surface area contributed by atoms with Gasteiger partial charge in [0.1, 0.15) is 0 Å². The number of hydrogen-bond donors (Lipinski definition) is 0. The van der Waals surface area contributed by atoms with Gasteiger partial charge in [-0.15, -0.1) is 0 Å². The van der Waals surface area contributed by atoms with E-state index in [4.69, 9.17) is 0 Å². The standard InChI is InChI=1S/C19H18O2S/c1-14-6-8-15(9-7-14)18-4-3-5-19(18)16-10-12-17(13-11-16)22(2,20)21/h4-13H,3H2,1-2H3. The van der Waals surface area contributed by atoms with Gasteiger partial charge in [-0.05, 0) is 47.8 Å². The van der Waals surface area contributed by atoms with E-state index in [9.17, 15) is 8.42 Å². The maximum Gasteiger partial charge on any atom is 0.175 e. The average Bonchev–Trinajstić information content (AvgIpc) is 2.97. The summed E-state index contributed by atoms with van der Waals surface area (Å²) in [6.07, 6.45) is 6.54. The molecule has 1 aliphatic rings. The summed E-state index contributed by atoms with van der Waals surface area (Å²) >= 11 is 0. The van der Waals surface area contributed by atoms with Crippen molar-refractivity contribution in [3.8, 4) is 0 Å². The molecular formula is C19H18O2S. The predicted octanol–water partition coefficient (Wildman–Crippen LogP) is 4.27. The Morgan fingerprint density at radius 2 is 1.23 bits per heavy atom. The van der Waals surface area contributed by atoms with E-state index in [0.717, 1.165) is 12.0 Å². The van der Waals surface area contributed by atoms with Crippen LogP contribution in [0.1, 0.15) is 23.1 Å². The highest BCUT2D eigenvalue weighted by molar-refractivity contribution is 7.90. The van der Waals surface area contributed by atoms with Crippen LogP contribution in [0.15, 0.2) is 65.6 Å². The van der Waals surface area contributed by atoms with Crippen molar-refractivity contribution in [3.05, 3.63) is 77.4 Å². The molecule has 0 bridgehead atoms. The molecule has 0 aromatic heterocycles. The third-order valence-electron chi connectivity index (χ3n) is 3.89. The molecule has 0 fully saturated rings. The second-order valence-corrected chi connectivity index (χ2v) is 7.65. The zero-order valence-corrected chi connectivity index (χ0v) is 13.5. The molecule has 0 heterocycles. The zero-order valence-electron chi connectivity index (χ0n) is 12.7. The molecule has 0 spiro atoms. The minimum Gasteiger partial charge on any atom is -0.224 e. The van der Waals surface area contributed by atoms with E-state index in [-0.39, 0.29) is 0 Å². The number of sulfone groups is 1. The molecule has 2 aromatic rings. The van der Waals surface area contributed by atoms with Crippen molar-refractivity contribution in [2.75, 3.05) is 6.26 Å². The molecule has 0 radical (unpaired) electrons. The van der Waals surface area contributed by atoms with Crippen molar-refractivity contribution in [3.63, 3.8) is 0 Å². The maximum absolute atomic E-state index is 11.6. The SMILES string of the molecule is Cc1ccc(C2=CCC=C2c2ccc(S(C)(=O)=O)cc2)cc1. The summed E-state index contributed by atoms with van der Waals surface area (Å²) in [5.41, 5.74) is 5.87. The Labute approximate surface area is 131 Å². The molecule has 0 N–H and O–H groups in total. The number of hydrogen-bond acceptors (Lipinski definition) is 2. The molecular weight excluding hydrogens is 292 g/mol. The molecule has 0 aliphatic heterocycles. The smallest absolute Gasteiger partial charge is 0.175 e.